The van der Waals surface area contributed by atoms with Crippen LogP contribution in [0.2, 0.25) is 0 Å². The van der Waals surface area contributed by atoms with Crippen molar-refractivity contribution in [1.82, 2.24) is 9.78 Å². The van der Waals surface area contributed by atoms with Crippen LogP contribution < -0.4 is 5.32 Å². The monoisotopic (exact) mass is 347 g/mol. The number of hydrogen-bond donors (Lipinski definition) is 2. The zero-order valence-corrected chi connectivity index (χ0v) is 15.0. The van der Waals surface area contributed by atoms with Crippen molar-refractivity contribution >= 4 is 28.9 Å². The van der Waals surface area contributed by atoms with E-state index in [4.69, 9.17) is 5.11 Å². The number of nitrogens with one attached hydrogen (secondary N) is 1. The highest BCUT2D eigenvalue weighted by Crippen LogP contribution is 2.65. The van der Waals surface area contributed by atoms with Gasteiger partial charge in [-0.2, -0.15) is 5.10 Å². The molecule has 1 aliphatic rings. The van der Waals surface area contributed by atoms with Gasteiger partial charge in [-0.3, -0.25) is 14.3 Å². The summed E-state index contributed by atoms with van der Waals surface area (Å²) in [5.41, 5.74) is 1.28. The molecule has 0 radical (unpaired) electrons. The summed E-state index contributed by atoms with van der Waals surface area (Å²) in [6, 6.07) is 3.97. The predicted molar refractivity (Wildman–Crippen MR) is 92.4 cm³/mol. The van der Waals surface area contributed by atoms with Crippen LogP contribution >= 0.6 is 11.3 Å². The van der Waals surface area contributed by atoms with Gasteiger partial charge in [-0.05, 0) is 37.1 Å². The van der Waals surface area contributed by atoms with Gasteiger partial charge in [0.25, 0.3) is 0 Å². The molecule has 128 valence electrons. The largest absolute Gasteiger partial charge is 0.480 e. The molecule has 1 amide bonds. The van der Waals surface area contributed by atoms with Gasteiger partial charge in [0.05, 0.1) is 22.5 Å². The van der Waals surface area contributed by atoms with Gasteiger partial charge in [0.1, 0.15) is 6.54 Å². The number of rotatable bonds is 5. The Labute approximate surface area is 144 Å². The highest BCUT2D eigenvalue weighted by Gasteiger charge is 2.67. The average Bonchev–Trinajstić information content (AvgIpc) is 2.85. The van der Waals surface area contributed by atoms with Gasteiger partial charge in [-0.1, -0.05) is 19.9 Å². The topological polar surface area (TPSA) is 84.2 Å². The molecule has 1 unspecified atom stereocenters. The molecule has 6 nitrogen and oxygen atoms in total. The van der Waals surface area contributed by atoms with Crippen molar-refractivity contribution in [2.75, 3.05) is 5.32 Å². The molecular formula is C17H21N3O3S. The Morgan fingerprint density at radius 2 is 2.08 bits per heavy atom. The van der Waals surface area contributed by atoms with Crippen LogP contribution in [0.4, 0.5) is 5.69 Å². The van der Waals surface area contributed by atoms with Gasteiger partial charge in [-0.25, -0.2) is 0 Å². The summed E-state index contributed by atoms with van der Waals surface area (Å²) in [5, 5.41) is 18.2. The molecule has 1 atom stereocenters. The minimum absolute atomic E-state index is 0.0453. The zero-order valence-electron chi connectivity index (χ0n) is 14.2. The number of nitrogens with zero attached hydrogens (tertiary/aromatic N) is 2. The molecule has 1 saturated carbocycles. The van der Waals surface area contributed by atoms with Crippen molar-refractivity contribution in [3.8, 4) is 0 Å². The second-order valence-electron chi connectivity index (χ2n) is 6.99. The van der Waals surface area contributed by atoms with Crippen LogP contribution in [-0.4, -0.2) is 26.8 Å². The number of aromatic nitrogens is 2. The standard InChI is InChI=1S/C17H21N3O3S/c1-10-14(11(2)20(19-10)8-13(21)22)18-15(23)17(9-16(17,3)4)12-6-5-7-24-12/h5-7H,8-9H2,1-4H3,(H,18,23)(H,21,22). The molecule has 3 rings (SSSR count). The van der Waals surface area contributed by atoms with E-state index in [2.05, 4.69) is 24.3 Å². The van der Waals surface area contributed by atoms with Crippen molar-refractivity contribution in [2.45, 2.75) is 46.1 Å². The molecule has 1 fully saturated rings. The lowest BCUT2D eigenvalue weighted by molar-refractivity contribution is -0.137. The van der Waals surface area contributed by atoms with Crippen LogP contribution in [0.3, 0.4) is 0 Å². The number of carbonyl (C=O) groups is 2. The SMILES string of the molecule is Cc1nn(CC(=O)O)c(C)c1NC(=O)C1(c2cccs2)CC1(C)C. The van der Waals surface area contributed by atoms with E-state index in [1.54, 1.807) is 25.2 Å². The normalized spacial score (nSPS) is 21.5. The van der Waals surface area contributed by atoms with E-state index in [1.165, 1.54) is 4.68 Å². The van der Waals surface area contributed by atoms with Crippen LogP contribution in [0.15, 0.2) is 17.5 Å². The van der Waals surface area contributed by atoms with E-state index in [9.17, 15) is 9.59 Å². The Morgan fingerprint density at radius 3 is 2.58 bits per heavy atom. The number of aliphatic carboxylic acids is 1. The van der Waals surface area contributed by atoms with Crippen LogP contribution in [0, 0.1) is 19.3 Å². The number of hydrogen-bond acceptors (Lipinski definition) is 4. The summed E-state index contributed by atoms with van der Waals surface area (Å²) in [6.45, 7) is 7.52. The molecule has 1 aliphatic carbocycles. The van der Waals surface area contributed by atoms with Gasteiger partial charge in [0, 0.05) is 4.88 Å². The fraction of sp³-hybridized carbons (Fsp3) is 0.471. The summed E-state index contributed by atoms with van der Waals surface area (Å²) in [7, 11) is 0. The van der Waals surface area contributed by atoms with Gasteiger partial charge in [0.15, 0.2) is 0 Å². The maximum absolute atomic E-state index is 13.1. The highest BCUT2D eigenvalue weighted by atomic mass is 32.1. The van der Waals surface area contributed by atoms with Crippen LogP contribution in [0.25, 0.3) is 0 Å². The summed E-state index contributed by atoms with van der Waals surface area (Å²) < 4.78 is 1.41. The summed E-state index contributed by atoms with van der Waals surface area (Å²) in [5.74, 6) is -1.01. The molecule has 0 spiro atoms. The smallest absolute Gasteiger partial charge is 0.325 e. The lowest BCUT2D eigenvalue weighted by atomic mass is 9.93. The molecule has 7 heteroatoms. The first-order chi connectivity index (χ1) is 11.2. The molecule has 24 heavy (non-hydrogen) atoms. The Balaban J connectivity index is 1.91. The summed E-state index contributed by atoms with van der Waals surface area (Å²) >= 11 is 1.60. The lowest BCUT2D eigenvalue weighted by Crippen LogP contribution is -2.31. The Morgan fingerprint density at radius 1 is 1.42 bits per heavy atom. The summed E-state index contributed by atoms with van der Waals surface area (Å²) in [4.78, 5) is 25.1. The van der Waals surface area contributed by atoms with E-state index >= 15 is 0 Å². The number of anilines is 1. The Hall–Kier alpha value is -2.15. The van der Waals surface area contributed by atoms with Crippen LogP contribution in [-0.2, 0) is 21.5 Å². The van der Waals surface area contributed by atoms with Crippen molar-refractivity contribution < 1.29 is 14.7 Å². The number of carbonyl (C=O) groups excluding carboxylic acids is 1. The van der Waals surface area contributed by atoms with Crippen molar-refractivity contribution in [1.29, 1.82) is 0 Å². The number of carboxylic acid groups (broad SMARTS) is 1. The first-order valence-electron chi connectivity index (χ1n) is 7.80. The first-order valence-corrected chi connectivity index (χ1v) is 8.68. The fourth-order valence-electron chi connectivity index (χ4n) is 3.44. The fourth-order valence-corrected chi connectivity index (χ4v) is 4.54. The van der Waals surface area contributed by atoms with E-state index in [0.29, 0.717) is 17.1 Å². The van der Waals surface area contributed by atoms with Crippen LogP contribution in [0.5, 0.6) is 0 Å². The molecule has 0 aliphatic heterocycles. The number of aryl methyl sites for hydroxylation is 1. The maximum atomic E-state index is 13.1. The molecule has 0 bridgehead atoms. The first kappa shape index (κ1) is 16.7. The number of carboxylic acids is 1. The maximum Gasteiger partial charge on any atom is 0.325 e. The third kappa shape index (κ3) is 2.43. The summed E-state index contributed by atoms with van der Waals surface area (Å²) in [6.07, 6.45) is 0.799. The quantitative estimate of drug-likeness (QED) is 0.871. The average molecular weight is 347 g/mol. The third-order valence-electron chi connectivity index (χ3n) is 4.97. The predicted octanol–water partition coefficient (Wildman–Crippen LogP) is 2.95. The second kappa shape index (κ2) is 5.44. The van der Waals surface area contributed by atoms with Gasteiger partial charge in [0.2, 0.25) is 5.91 Å². The molecule has 2 N–H and O–H groups in total. The Bertz CT molecular complexity index is 807. The lowest BCUT2D eigenvalue weighted by Gasteiger charge is -2.19. The van der Waals surface area contributed by atoms with Gasteiger partial charge >= 0.3 is 5.97 Å². The molecular weight excluding hydrogens is 326 g/mol. The molecule has 2 heterocycles. The van der Waals surface area contributed by atoms with Gasteiger partial charge < -0.3 is 10.4 Å². The highest BCUT2D eigenvalue weighted by molar-refractivity contribution is 7.10. The van der Waals surface area contributed by atoms with Gasteiger partial charge in [-0.15, -0.1) is 11.3 Å². The van der Waals surface area contributed by atoms with Crippen molar-refractivity contribution in [3.05, 3.63) is 33.8 Å². The molecule has 0 saturated heterocycles. The molecule has 2 aromatic heterocycles. The van der Waals surface area contributed by atoms with Crippen LogP contribution in [0.1, 0.15) is 36.5 Å². The molecule has 2 aromatic rings. The second-order valence-corrected chi connectivity index (χ2v) is 7.94. The zero-order chi connectivity index (χ0) is 17.7. The molecule has 0 aromatic carbocycles. The van der Waals surface area contributed by atoms with E-state index in [-0.39, 0.29) is 17.9 Å². The van der Waals surface area contributed by atoms with E-state index in [1.807, 2.05) is 17.5 Å². The number of thiophene rings is 1. The van der Waals surface area contributed by atoms with Crippen molar-refractivity contribution in [2.24, 2.45) is 5.41 Å². The van der Waals surface area contributed by atoms with Crippen molar-refractivity contribution in [3.63, 3.8) is 0 Å². The number of amides is 1. The van der Waals surface area contributed by atoms with E-state index in [0.717, 1.165) is 11.3 Å². The minimum atomic E-state index is -0.961. The minimum Gasteiger partial charge on any atom is -0.480 e. The third-order valence-corrected chi connectivity index (χ3v) is 6.00. The van der Waals surface area contributed by atoms with E-state index < -0.39 is 11.4 Å². The Kier molecular flexibility index (Phi) is 3.79.